The molecule has 22 heavy (non-hydrogen) atoms. The SMILES string of the molecule is Cc1ccsc1/C=C/C(=O)N[C@H](CN(C)C)c1ccccc1. The maximum absolute atomic E-state index is 12.2. The van der Waals surface area contributed by atoms with E-state index in [0.717, 1.165) is 17.0 Å². The van der Waals surface area contributed by atoms with Crippen LogP contribution in [0.25, 0.3) is 6.08 Å². The Labute approximate surface area is 136 Å². The van der Waals surface area contributed by atoms with Crippen LogP contribution in [0.1, 0.15) is 22.0 Å². The van der Waals surface area contributed by atoms with Crippen LogP contribution in [0.2, 0.25) is 0 Å². The predicted octanol–water partition coefficient (Wildman–Crippen LogP) is 3.49. The third-order valence-corrected chi connectivity index (χ3v) is 4.34. The summed E-state index contributed by atoms with van der Waals surface area (Å²) < 4.78 is 0. The molecule has 0 bridgehead atoms. The highest BCUT2D eigenvalue weighted by Gasteiger charge is 2.14. The molecular weight excluding hydrogens is 292 g/mol. The first kappa shape index (κ1) is 16.5. The molecule has 2 aromatic rings. The van der Waals surface area contributed by atoms with Gasteiger partial charge in [-0.05, 0) is 49.7 Å². The van der Waals surface area contributed by atoms with Gasteiger partial charge in [0, 0.05) is 17.5 Å². The van der Waals surface area contributed by atoms with Gasteiger partial charge in [-0.2, -0.15) is 0 Å². The third-order valence-electron chi connectivity index (χ3n) is 3.35. The molecule has 0 saturated heterocycles. The Kier molecular flexibility index (Phi) is 5.92. The Morgan fingerprint density at radius 1 is 1.27 bits per heavy atom. The predicted molar refractivity (Wildman–Crippen MR) is 94.0 cm³/mol. The van der Waals surface area contributed by atoms with Crippen molar-refractivity contribution in [2.75, 3.05) is 20.6 Å². The molecule has 0 fully saturated rings. The molecule has 0 aliphatic carbocycles. The number of carbonyl (C=O) groups excluding carboxylic acids is 1. The molecule has 1 atom stereocenters. The fourth-order valence-electron chi connectivity index (χ4n) is 2.21. The highest BCUT2D eigenvalue weighted by molar-refractivity contribution is 7.11. The number of thiophene rings is 1. The summed E-state index contributed by atoms with van der Waals surface area (Å²) >= 11 is 1.64. The van der Waals surface area contributed by atoms with Crippen LogP contribution in [0.5, 0.6) is 0 Å². The summed E-state index contributed by atoms with van der Waals surface area (Å²) in [6.45, 7) is 2.81. The number of nitrogens with one attached hydrogen (secondary N) is 1. The van der Waals surface area contributed by atoms with Crippen molar-refractivity contribution in [2.24, 2.45) is 0 Å². The van der Waals surface area contributed by atoms with Gasteiger partial charge in [0.25, 0.3) is 0 Å². The van der Waals surface area contributed by atoms with E-state index in [2.05, 4.69) is 16.3 Å². The number of nitrogens with zero attached hydrogens (tertiary/aromatic N) is 1. The van der Waals surface area contributed by atoms with Crippen molar-refractivity contribution in [3.63, 3.8) is 0 Å². The molecular formula is C18H22N2OS. The van der Waals surface area contributed by atoms with E-state index in [-0.39, 0.29) is 11.9 Å². The monoisotopic (exact) mass is 314 g/mol. The van der Waals surface area contributed by atoms with Gasteiger partial charge in [0.2, 0.25) is 5.91 Å². The fourth-order valence-corrected chi connectivity index (χ4v) is 3.03. The number of benzene rings is 1. The molecule has 116 valence electrons. The van der Waals surface area contributed by atoms with E-state index in [9.17, 15) is 4.79 Å². The zero-order valence-electron chi connectivity index (χ0n) is 13.2. The smallest absolute Gasteiger partial charge is 0.244 e. The largest absolute Gasteiger partial charge is 0.344 e. The van der Waals surface area contributed by atoms with Crippen LogP contribution in [0, 0.1) is 6.92 Å². The summed E-state index contributed by atoms with van der Waals surface area (Å²) in [6, 6.07) is 12.1. The van der Waals surface area contributed by atoms with Gasteiger partial charge < -0.3 is 10.2 Å². The lowest BCUT2D eigenvalue weighted by Gasteiger charge is -2.22. The van der Waals surface area contributed by atoms with Crippen molar-refractivity contribution in [1.29, 1.82) is 0 Å². The number of hydrogen-bond donors (Lipinski definition) is 1. The van der Waals surface area contributed by atoms with E-state index in [1.165, 1.54) is 5.56 Å². The second kappa shape index (κ2) is 7.92. The number of likely N-dealkylation sites (N-methyl/N-ethyl adjacent to an activating group) is 1. The lowest BCUT2D eigenvalue weighted by atomic mass is 10.1. The summed E-state index contributed by atoms with van der Waals surface area (Å²) in [5.41, 5.74) is 2.31. The number of aryl methyl sites for hydroxylation is 1. The van der Waals surface area contributed by atoms with Gasteiger partial charge in [0.05, 0.1) is 6.04 Å². The maximum Gasteiger partial charge on any atom is 0.244 e. The summed E-state index contributed by atoms with van der Waals surface area (Å²) in [5, 5.41) is 5.12. The van der Waals surface area contributed by atoms with Crippen molar-refractivity contribution in [3.8, 4) is 0 Å². The fraction of sp³-hybridized carbons (Fsp3) is 0.278. The average molecular weight is 314 g/mol. The van der Waals surface area contributed by atoms with E-state index in [0.29, 0.717) is 0 Å². The highest BCUT2D eigenvalue weighted by Crippen LogP contribution is 2.17. The van der Waals surface area contributed by atoms with Crippen molar-refractivity contribution in [3.05, 3.63) is 63.9 Å². The second-order valence-electron chi connectivity index (χ2n) is 5.54. The molecule has 1 amide bonds. The van der Waals surface area contributed by atoms with Gasteiger partial charge in [0.1, 0.15) is 0 Å². The van der Waals surface area contributed by atoms with Gasteiger partial charge in [-0.15, -0.1) is 11.3 Å². The van der Waals surface area contributed by atoms with Crippen LogP contribution in [0.15, 0.2) is 47.9 Å². The van der Waals surface area contributed by atoms with Crippen molar-refractivity contribution < 1.29 is 4.79 Å². The van der Waals surface area contributed by atoms with E-state index in [1.54, 1.807) is 17.4 Å². The Morgan fingerprint density at radius 2 is 2.00 bits per heavy atom. The van der Waals surface area contributed by atoms with Crippen molar-refractivity contribution >= 4 is 23.3 Å². The molecule has 0 unspecified atom stereocenters. The first-order valence-electron chi connectivity index (χ1n) is 7.28. The van der Waals surface area contributed by atoms with Gasteiger partial charge in [-0.3, -0.25) is 4.79 Å². The first-order valence-corrected chi connectivity index (χ1v) is 8.16. The summed E-state index contributed by atoms with van der Waals surface area (Å²) in [6.07, 6.45) is 3.50. The van der Waals surface area contributed by atoms with Crippen molar-refractivity contribution in [1.82, 2.24) is 10.2 Å². The molecule has 0 saturated carbocycles. The summed E-state index contributed by atoms with van der Waals surface area (Å²) in [5.74, 6) is -0.0662. The number of amides is 1. The average Bonchev–Trinajstić information content (AvgIpc) is 2.90. The molecule has 1 aromatic carbocycles. The van der Waals surface area contributed by atoms with Crippen LogP contribution in [0.3, 0.4) is 0 Å². The second-order valence-corrected chi connectivity index (χ2v) is 6.48. The van der Waals surface area contributed by atoms with Gasteiger partial charge >= 0.3 is 0 Å². The standard InChI is InChI=1S/C18H22N2OS/c1-14-11-12-22-17(14)9-10-18(21)19-16(13-20(2)3)15-7-5-4-6-8-15/h4-12,16H,13H2,1-3H3,(H,19,21)/b10-9+/t16-/m1/s1. The molecule has 4 heteroatoms. The normalized spacial score (nSPS) is 12.7. The van der Waals surface area contributed by atoms with E-state index >= 15 is 0 Å². The van der Waals surface area contributed by atoms with Crippen LogP contribution in [0.4, 0.5) is 0 Å². The Bertz CT molecular complexity index is 632. The number of carbonyl (C=O) groups is 1. The minimum atomic E-state index is -0.0662. The van der Waals surface area contributed by atoms with Gasteiger partial charge in [0.15, 0.2) is 0 Å². The third kappa shape index (κ3) is 4.83. The molecule has 0 spiro atoms. The zero-order chi connectivity index (χ0) is 15.9. The molecule has 2 rings (SSSR count). The maximum atomic E-state index is 12.2. The van der Waals surface area contributed by atoms with Crippen molar-refractivity contribution in [2.45, 2.75) is 13.0 Å². The minimum absolute atomic E-state index is 0.0159. The summed E-state index contributed by atoms with van der Waals surface area (Å²) in [4.78, 5) is 15.4. The van der Waals surface area contributed by atoms with Crippen LogP contribution in [-0.2, 0) is 4.79 Å². The van der Waals surface area contributed by atoms with Crippen LogP contribution in [-0.4, -0.2) is 31.4 Å². The first-order chi connectivity index (χ1) is 10.6. The molecule has 0 aliphatic rings. The number of hydrogen-bond acceptors (Lipinski definition) is 3. The topological polar surface area (TPSA) is 32.3 Å². The molecule has 0 aliphatic heterocycles. The molecule has 3 nitrogen and oxygen atoms in total. The highest BCUT2D eigenvalue weighted by atomic mass is 32.1. The zero-order valence-corrected chi connectivity index (χ0v) is 14.1. The van der Waals surface area contributed by atoms with Gasteiger partial charge in [-0.25, -0.2) is 0 Å². The molecule has 1 aromatic heterocycles. The van der Waals surface area contributed by atoms with Crippen LogP contribution < -0.4 is 5.32 Å². The minimum Gasteiger partial charge on any atom is -0.344 e. The van der Waals surface area contributed by atoms with Gasteiger partial charge in [-0.1, -0.05) is 30.3 Å². The Hall–Kier alpha value is -1.91. The van der Waals surface area contributed by atoms with E-state index < -0.39 is 0 Å². The Balaban J connectivity index is 2.05. The molecule has 1 heterocycles. The molecule has 1 N–H and O–H groups in total. The quantitative estimate of drug-likeness (QED) is 0.828. The van der Waals surface area contributed by atoms with E-state index in [1.807, 2.05) is 62.8 Å². The van der Waals surface area contributed by atoms with E-state index in [4.69, 9.17) is 0 Å². The Morgan fingerprint density at radius 3 is 2.59 bits per heavy atom. The molecule has 0 radical (unpaired) electrons. The number of rotatable bonds is 6. The van der Waals surface area contributed by atoms with Crippen LogP contribution >= 0.6 is 11.3 Å². The lowest BCUT2D eigenvalue weighted by Crippen LogP contribution is -2.34. The lowest BCUT2D eigenvalue weighted by molar-refractivity contribution is -0.117. The summed E-state index contributed by atoms with van der Waals surface area (Å²) in [7, 11) is 4.01.